The minimum atomic E-state index is -1.18. The van der Waals surface area contributed by atoms with E-state index in [0.717, 1.165) is 34.3 Å². The first-order chi connectivity index (χ1) is 14.9. The molecule has 7 nitrogen and oxygen atoms in total. The SMILES string of the molecule is COC(O)N[C@H](C(=O)N1CCC[C@@H]1c1[nH]c(-c2ccc(Br)cc2)c2c1COC2)C(C)C. The number of aliphatic hydroxyl groups excluding tert-OH is 1. The molecule has 1 amide bonds. The number of aromatic nitrogens is 1. The molecule has 3 atom stereocenters. The molecule has 0 radical (unpaired) electrons. The minimum absolute atomic E-state index is 0.00886. The number of methoxy groups -OCH3 is 1. The molecule has 2 aliphatic rings. The predicted molar refractivity (Wildman–Crippen MR) is 121 cm³/mol. The highest BCUT2D eigenvalue weighted by atomic mass is 79.9. The number of nitrogens with one attached hydrogen (secondary N) is 2. The third kappa shape index (κ3) is 4.45. The van der Waals surface area contributed by atoms with Crippen LogP contribution < -0.4 is 5.32 Å². The molecule has 31 heavy (non-hydrogen) atoms. The number of nitrogens with zero attached hydrogens (tertiary/aromatic N) is 1. The number of aromatic amines is 1. The summed E-state index contributed by atoms with van der Waals surface area (Å²) in [6, 6.07) is 7.67. The molecule has 1 unspecified atom stereocenters. The van der Waals surface area contributed by atoms with Gasteiger partial charge in [-0.05, 0) is 36.5 Å². The van der Waals surface area contributed by atoms with Crippen LogP contribution in [0, 0.1) is 5.92 Å². The predicted octanol–water partition coefficient (Wildman–Crippen LogP) is 3.67. The van der Waals surface area contributed by atoms with Gasteiger partial charge in [-0.3, -0.25) is 10.1 Å². The lowest BCUT2D eigenvalue weighted by atomic mass is 10.0. The highest BCUT2D eigenvalue weighted by Crippen LogP contribution is 2.41. The topological polar surface area (TPSA) is 86.8 Å². The second-order valence-corrected chi connectivity index (χ2v) is 9.45. The van der Waals surface area contributed by atoms with Crippen molar-refractivity contribution in [1.82, 2.24) is 15.2 Å². The molecule has 0 bridgehead atoms. The highest BCUT2D eigenvalue weighted by Gasteiger charge is 2.39. The van der Waals surface area contributed by atoms with Crippen LogP contribution in [0.15, 0.2) is 28.7 Å². The first kappa shape index (κ1) is 22.5. The molecule has 3 heterocycles. The van der Waals surface area contributed by atoms with E-state index >= 15 is 0 Å². The Bertz CT molecular complexity index is 928. The summed E-state index contributed by atoms with van der Waals surface area (Å²) < 4.78 is 11.8. The van der Waals surface area contributed by atoms with Crippen LogP contribution in [-0.2, 0) is 27.5 Å². The Labute approximate surface area is 191 Å². The number of ether oxygens (including phenoxy) is 2. The number of hydrogen-bond acceptors (Lipinski definition) is 5. The minimum Gasteiger partial charge on any atom is -0.372 e. The third-order valence-electron chi connectivity index (χ3n) is 6.22. The summed E-state index contributed by atoms with van der Waals surface area (Å²) in [4.78, 5) is 19.1. The zero-order valence-electron chi connectivity index (χ0n) is 18.2. The Morgan fingerprint density at radius 1 is 1.29 bits per heavy atom. The van der Waals surface area contributed by atoms with E-state index in [1.165, 1.54) is 18.2 Å². The largest absolute Gasteiger partial charge is 0.372 e. The Morgan fingerprint density at radius 3 is 2.68 bits per heavy atom. The van der Waals surface area contributed by atoms with Crippen LogP contribution in [0.2, 0.25) is 0 Å². The Morgan fingerprint density at radius 2 is 2.00 bits per heavy atom. The number of fused-ring (bicyclic) bond motifs is 1. The molecule has 2 aliphatic heterocycles. The van der Waals surface area contributed by atoms with Gasteiger partial charge in [0.15, 0.2) is 0 Å². The standard InChI is InChI=1S/C23H30BrN3O4/c1-13(2)19(26-23(29)30-3)22(28)27-10-4-5-18(27)21-17-12-31-11-16(17)20(25-21)14-6-8-15(24)9-7-14/h6-9,13,18-19,23,25-26,29H,4-5,10-12H2,1-3H3/t18-,19+,23?/m1/s1. The van der Waals surface area contributed by atoms with Crippen LogP contribution >= 0.6 is 15.9 Å². The summed E-state index contributed by atoms with van der Waals surface area (Å²) in [6.07, 6.45) is 0.663. The van der Waals surface area contributed by atoms with Gasteiger partial charge in [0.25, 0.3) is 0 Å². The first-order valence-electron chi connectivity index (χ1n) is 10.8. The second kappa shape index (κ2) is 9.42. The lowest BCUT2D eigenvalue weighted by molar-refractivity contribution is -0.145. The maximum atomic E-state index is 13.5. The first-order valence-corrected chi connectivity index (χ1v) is 11.5. The van der Waals surface area contributed by atoms with Crippen LogP contribution in [0.25, 0.3) is 11.3 Å². The van der Waals surface area contributed by atoms with Crippen molar-refractivity contribution in [3.63, 3.8) is 0 Å². The summed E-state index contributed by atoms with van der Waals surface area (Å²) >= 11 is 3.50. The number of halogens is 1. The van der Waals surface area contributed by atoms with Crippen molar-refractivity contribution in [3.8, 4) is 11.3 Å². The van der Waals surface area contributed by atoms with Gasteiger partial charge in [0.1, 0.15) is 0 Å². The lowest BCUT2D eigenvalue weighted by Crippen LogP contribution is -2.52. The fraction of sp³-hybridized carbons (Fsp3) is 0.522. The number of amides is 1. The number of rotatable bonds is 7. The maximum absolute atomic E-state index is 13.5. The van der Waals surface area contributed by atoms with Gasteiger partial charge in [-0.25, -0.2) is 0 Å². The molecule has 3 N–H and O–H groups in total. The molecule has 1 aromatic carbocycles. The van der Waals surface area contributed by atoms with Crippen LogP contribution in [-0.4, -0.2) is 47.0 Å². The Balaban J connectivity index is 1.65. The Kier molecular flexibility index (Phi) is 6.83. The van der Waals surface area contributed by atoms with Gasteiger partial charge in [-0.15, -0.1) is 0 Å². The number of benzene rings is 1. The smallest absolute Gasteiger partial charge is 0.240 e. The van der Waals surface area contributed by atoms with Crippen molar-refractivity contribution >= 4 is 21.8 Å². The molecule has 0 aliphatic carbocycles. The zero-order chi connectivity index (χ0) is 22.1. The van der Waals surface area contributed by atoms with E-state index < -0.39 is 12.5 Å². The van der Waals surface area contributed by atoms with Crippen molar-refractivity contribution in [2.24, 2.45) is 5.92 Å². The second-order valence-electron chi connectivity index (χ2n) is 8.54. The molecule has 4 rings (SSSR count). The van der Waals surface area contributed by atoms with Crippen LogP contribution in [0.1, 0.15) is 49.6 Å². The third-order valence-corrected chi connectivity index (χ3v) is 6.75. The van der Waals surface area contributed by atoms with Crippen molar-refractivity contribution in [1.29, 1.82) is 0 Å². The summed E-state index contributed by atoms with van der Waals surface area (Å²) in [7, 11) is 1.41. The lowest BCUT2D eigenvalue weighted by Gasteiger charge is -2.32. The van der Waals surface area contributed by atoms with Crippen molar-refractivity contribution < 1.29 is 19.4 Å². The fourth-order valence-electron chi connectivity index (χ4n) is 4.61. The molecular weight excluding hydrogens is 462 g/mol. The van der Waals surface area contributed by atoms with Crippen LogP contribution in [0.3, 0.4) is 0 Å². The molecule has 0 saturated carbocycles. The fourth-order valence-corrected chi connectivity index (χ4v) is 4.87. The van der Waals surface area contributed by atoms with E-state index in [-0.39, 0.29) is 17.9 Å². The number of carbonyl (C=O) groups is 1. The number of H-pyrrole nitrogens is 1. The van der Waals surface area contributed by atoms with Crippen molar-refractivity contribution in [3.05, 3.63) is 45.6 Å². The van der Waals surface area contributed by atoms with Crippen LogP contribution in [0.5, 0.6) is 0 Å². The van der Waals surface area contributed by atoms with Gasteiger partial charge in [0.2, 0.25) is 12.3 Å². The summed E-state index contributed by atoms with van der Waals surface area (Å²) in [5.41, 5.74) is 5.62. The normalized spacial score (nSPS) is 20.3. The maximum Gasteiger partial charge on any atom is 0.240 e. The van der Waals surface area contributed by atoms with Gasteiger partial charge < -0.3 is 24.5 Å². The number of hydrogen-bond donors (Lipinski definition) is 3. The number of carbonyl (C=O) groups excluding carboxylic acids is 1. The van der Waals surface area contributed by atoms with E-state index in [1.807, 2.05) is 30.9 Å². The van der Waals surface area contributed by atoms with E-state index in [1.54, 1.807) is 0 Å². The zero-order valence-corrected chi connectivity index (χ0v) is 19.7. The monoisotopic (exact) mass is 491 g/mol. The molecule has 1 saturated heterocycles. The highest BCUT2D eigenvalue weighted by molar-refractivity contribution is 9.10. The van der Waals surface area contributed by atoms with Crippen molar-refractivity contribution in [2.45, 2.75) is 58.4 Å². The summed E-state index contributed by atoms with van der Waals surface area (Å²) in [5.74, 6) is -0.00405. The number of likely N-dealkylation sites (tertiary alicyclic amines) is 1. The van der Waals surface area contributed by atoms with Gasteiger partial charge in [-0.1, -0.05) is 41.9 Å². The molecule has 0 spiro atoms. The average molecular weight is 492 g/mol. The van der Waals surface area contributed by atoms with E-state index in [4.69, 9.17) is 9.47 Å². The molecule has 2 aromatic rings. The van der Waals surface area contributed by atoms with Crippen molar-refractivity contribution in [2.75, 3.05) is 13.7 Å². The molecular formula is C23H30BrN3O4. The van der Waals surface area contributed by atoms with Gasteiger partial charge in [0.05, 0.1) is 31.0 Å². The molecule has 168 valence electrons. The molecule has 1 aromatic heterocycles. The van der Waals surface area contributed by atoms with Gasteiger partial charge >= 0.3 is 0 Å². The summed E-state index contributed by atoms with van der Waals surface area (Å²) in [6.45, 7) is 5.77. The number of aliphatic hydroxyl groups is 1. The Hall–Kier alpha value is -1.71. The average Bonchev–Trinajstić information content (AvgIpc) is 3.48. The van der Waals surface area contributed by atoms with Gasteiger partial charge in [-0.2, -0.15) is 0 Å². The quantitative estimate of drug-likeness (QED) is 0.514. The summed E-state index contributed by atoms with van der Waals surface area (Å²) in [5, 5.41) is 12.8. The van der Waals surface area contributed by atoms with E-state index in [0.29, 0.717) is 19.8 Å². The van der Waals surface area contributed by atoms with Gasteiger partial charge in [0, 0.05) is 34.9 Å². The van der Waals surface area contributed by atoms with Crippen LogP contribution in [0.4, 0.5) is 0 Å². The van der Waals surface area contributed by atoms with E-state index in [2.05, 4.69) is 38.4 Å². The van der Waals surface area contributed by atoms with E-state index in [9.17, 15) is 9.90 Å². The molecule has 1 fully saturated rings. The molecule has 8 heteroatoms.